The minimum absolute atomic E-state index is 0.179. The van der Waals surface area contributed by atoms with Crippen LogP contribution in [0.2, 0.25) is 0 Å². The van der Waals surface area contributed by atoms with Gasteiger partial charge in [-0.25, -0.2) is 0 Å². The van der Waals surface area contributed by atoms with E-state index < -0.39 is 0 Å². The van der Waals surface area contributed by atoms with Crippen molar-refractivity contribution in [2.45, 2.75) is 6.17 Å². The highest BCUT2D eigenvalue weighted by molar-refractivity contribution is 5.24. The first-order valence-corrected chi connectivity index (χ1v) is 3.08. The zero-order chi connectivity index (χ0) is 6.69. The smallest absolute Gasteiger partial charge is 0.125 e. The Morgan fingerprint density at radius 2 is 2.56 bits per heavy atom. The number of likely N-dealkylation sites (N-methyl/N-ethyl adjacent to an activating group) is 1. The molecule has 0 N–H and O–H groups in total. The normalized spacial score (nSPS) is 30.1. The van der Waals surface area contributed by atoms with E-state index in [0.29, 0.717) is 6.61 Å². The van der Waals surface area contributed by atoms with Gasteiger partial charge in [-0.3, -0.25) is 9.89 Å². The van der Waals surface area contributed by atoms with Gasteiger partial charge in [-0.05, 0) is 13.8 Å². The second-order valence-corrected chi connectivity index (χ2v) is 2.22. The van der Waals surface area contributed by atoms with Crippen molar-refractivity contribution in [3.8, 4) is 0 Å². The van der Waals surface area contributed by atoms with Gasteiger partial charge >= 0.3 is 0 Å². The number of aliphatic imine (C=N–C) groups is 1. The van der Waals surface area contributed by atoms with E-state index in [9.17, 15) is 0 Å². The summed E-state index contributed by atoms with van der Waals surface area (Å²) in [6.07, 6.45) is 0.179. The Kier molecular flexibility index (Phi) is 2.19. The Morgan fingerprint density at radius 1 is 1.78 bits per heavy atom. The maximum absolute atomic E-state index is 5.17. The minimum atomic E-state index is 0.179. The van der Waals surface area contributed by atoms with Crippen LogP contribution in [0.25, 0.3) is 0 Å². The van der Waals surface area contributed by atoms with Gasteiger partial charge in [-0.2, -0.15) is 0 Å². The largest absolute Gasteiger partial charge is 0.376 e. The first-order valence-electron chi connectivity index (χ1n) is 3.08. The van der Waals surface area contributed by atoms with Crippen LogP contribution in [0, 0.1) is 0 Å². The summed E-state index contributed by atoms with van der Waals surface area (Å²) in [6, 6.07) is 0. The Balaban J connectivity index is 2.38. The van der Waals surface area contributed by atoms with Crippen LogP contribution in [0.5, 0.6) is 0 Å². The summed E-state index contributed by atoms with van der Waals surface area (Å²) in [7, 11) is 2.03. The number of rotatable bonds is 1. The second kappa shape index (κ2) is 2.94. The monoisotopic (exact) mass is 128 g/mol. The summed E-state index contributed by atoms with van der Waals surface area (Å²) < 4.78 is 5.17. The van der Waals surface area contributed by atoms with Crippen LogP contribution in [0.3, 0.4) is 0 Å². The molecule has 0 aliphatic carbocycles. The van der Waals surface area contributed by atoms with E-state index in [0.717, 1.165) is 13.2 Å². The number of hydrogen-bond acceptors (Lipinski definition) is 3. The summed E-state index contributed by atoms with van der Waals surface area (Å²) in [5.41, 5.74) is 0. The van der Waals surface area contributed by atoms with E-state index in [4.69, 9.17) is 4.74 Å². The van der Waals surface area contributed by atoms with Gasteiger partial charge in [0.25, 0.3) is 0 Å². The third-order valence-electron chi connectivity index (χ3n) is 1.57. The molecule has 1 heterocycles. The minimum Gasteiger partial charge on any atom is -0.376 e. The molecule has 1 fully saturated rings. The molecule has 1 rings (SSSR count). The van der Waals surface area contributed by atoms with E-state index in [1.165, 1.54) is 0 Å². The molecule has 0 radical (unpaired) electrons. The van der Waals surface area contributed by atoms with Gasteiger partial charge < -0.3 is 4.74 Å². The Bertz CT molecular complexity index is 105. The molecule has 3 nitrogen and oxygen atoms in total. The summed E-state index contributed by atoms with van der Waals surface area (Å²) >= 11 is 0. The molecular weight excluding hydrogens is 116 g/mol. The molecule has 52 valence electrons. The quantitative estimate of drug-likeness (QED) is 0.463. The molecule has 0 spiro atoms. The van der Waals surface area contributed by atoms with Crippen molar-refractivity contribution < 1.29 is 4.74 Å². The van der Waals surface area contributed by atoms with Gasteiger partial charge in [-0.1, -0.05) is 0 Å². The molecule has 0 saturated carbocycles. The highest BCUT2D eigenvalue weighted by Gasteiger charge is 2.16. The Morgan fingerprint density at radius 3 is 3.00 bits per heavy atom. The molecular formula is C6H12N2O. The third kappa shape index (κ3) is 1.50. The van der Waals surface area contributed by atoms with Crippen LogP contribution in [0.4, 0.5) is 0 Å². The van der Waals surface area contributed by atoms with Crippen LogP contribution < -0.4 is 0 Å². The van der Waals surface area contributed by atoms with Gasteiger partial charge in [0.15, 0.2) is 0 Å². The van der Waals surface area contributed by atoms with Crippen molar-refractivity contribution in [2.75, 3.05) is 26.8 Å². The Hall–Kier alpha value is -0.410. The van der Waals surface area contributed by atoms with Crippen molar-refractivity contribution in [1.82, 2.24) is 4.90 Å². The zero-order valence-corrected chi connectivity index (χ0v) is 5.71. The van der Waals surface area contributed by atoms with Crippen LogP contribution >= 0.6 is 0 Å². The fourth-order valence-electron chi connectivity index (χ4n) is 0.866. The van der Waals surface area contributed by atoms with E-state index in [1.54, 1.807) is 0 Å². The van der Waals surface area contributed by atoms with Crippen LogP contribution in [-0.2, 0) is 4.74 Å². The van der Waals surface area contributed by atoms with Gasteiger partial charge in [-0.15, -0.1) is 0 Å². The van der Waals surface area contributed by atoms with Crippen LogP contribution in [0.1, 0.15) is 0 Å². The third-order valence-corrected chi connectivity index (χ3v) is 1.57. The fourth-order valence-corrected chi connectivity index (χ4v) is 0.866. The van der Waals surface area contributed by atoms with E-state index in [1.807, 2.05) is 7.05 Å². The number of hydrogen-bond donors (Lipinski definition) is 0. The second-order valence-electron chi connectivity index (χ2n) is 2.22. The Labute approximate surface area is 55.3 Å². The standard InChI is InChI=1S/C6H12N2O/c1-7-6-5-9-4-3-8(6)2/h6H,1,3-5H2,2H3. The topological polar surface area (TPSA) is 24.8 Å². The molecule has 1 unspecified atom stereocenters. The highest BCUT2D eigenvalue weighted by atomic mass is 16.5. The van der Waals surface area contributed by atoms with Gasteiger partial charge in [0.05, 0.1) is 13.2 Å². The lowest BCUT2D eigenvalue weighted by Gasteiger charge is -2.28. The van der Waals surface area contributed by atoms with Crippen LogP contribution in [0.15, 0.2) is 4.99 Å². The van der Waals surface area contributed by atoms with Gasteiger partial charge in [0, 0.05) is 6.54 Å². The first kappa shape index (κ1) is 6.71. The summed E-state index contributed by atoms with van der Waals surface area (Å²) in [5, 5.41) is 0. The summed E-state index contributed by atoms with van der Waals surface area (Å²) in [6.45, 7) is 5.94. The van der Waals surface area contributed by atoms with Gasteiger partial charge in [0.2, 0.25) is 0 Å². The number of ether oxygens (including phenoxy) is 1. The maximum Gasteiger partial charge on any atom is 0.125 e. The van der Waals surface area contributed by atoms with Crippen LogP contribution in [-0.4, -0.2) is 44.6 Å². The molecule has 0 amide bonds. The van der Waals surface area contributed by atoms with Crippen molar-refractivity contribution in [3.63, 3.8) is 0 Å². The number of morpholine rings is 1. The van der Waals surface area contributed by atoms with Crippen molar-refractivity contribution >= 4 is 6.72 Å². The predicted molar refractivity (Wildman–Crippen MR) is 36.8 cm³/mol. The fraction of sp³-hybridized carbons (Fsp3) is 0.833. The first-order chi connectivity index (χ1) is 4.34. The van der Waals surface area contributed by atoms with Crippen molar-refractivity contribution in [3.05, 3.63) is 0 Å². The van der Waals surface area contributed by atoms with E-state index in [2.05, 4.69) is 16.6 Å². The van der Waals surface area contributed by atoms with E-state index >= 15 is 0 Å². The zero-order valence-electron chi connectivity index (χ0n) is 5.71. The lowest BCUT2D eigenvalue weighted by Crippen LogP contribution is -2.41. The average Bonchev–Trinajstić information content (AvgIpc) is 1.89. The molecule has 0 aromatic heterocycles. The molecule has 1 saturated heterocycles. The molecule has 9 heavy (non-hydrogen) atoms. The lowest BCUT2D eigenvalue weighted by molar-refractivity contribution is 0.00984. The highest BCUT2D eigenvalue weighted by Crippen LogP contribution is 2.02. The molecule has 3 heteroatoms. The maximum atomic E-state index is 5.17. The molecule has 1 aliphatic heterocycles. The van der Waals surface area contributed by atoms with Crippen molar-refractivity contribution in [2.24, 2.45) is 4.99 Å². The molecule has 0 aromatic carbocycles. The molecule has 1 aliphatic rings. The average molecular weight is 128 g/mol. The van der Waals surface area contributed by atoms with Crippen molar-refractivity contribution in [1.29, 1.82) is 0 Å². The predicted octanol–water partition coefficient (Wildman–Crippen LogP) is -0.0249. The van der Waals surface area contributed by atoms with E-state index in [-0.39, 0.29) is 6.17 Å². The number of nitrogens with zero attached hydrogens (tertiary/aromatic N) is 2. The summed E-state index contributed by atoms with van der Waals surface area (Å²) in [5.74, 6) is 0. The molecule has 0 bridgehead atoms. The molecule has 0 aromatic rings. The lowest BCUT2D eigenvalue weighted by atomic mass is 10.4. The summed E-state index contributed by atoms with van der Waals surface area (Å²) in [4.78, 5) is 6.01. The SMILES string of the molecule is C=NC1COCCN1C. The molecule has 1 atom stereocenters. The van der Waals surface area contributed by atoms with Gasteiger partial charge in [0.1, 0.15) is 6.17 Å².